The van der Waals surface area contributed by atoms with E-state index in [9.17, 15) is 14.4 Å². The van der Waals surface area contributed by atoms with Gasteiger partial charge in [-0.2, -0.15) is 0 Å². The Hall–Kier alpha value is -3.16. The van der Waals surface area contributed by atoms with Crippen LogP contribution in [0.25, 0.3) is 0 Å². The molecule has 1 atom stereocenters. The first kappa shape index (κ1) is 24.5. The van der Waals surface area contributed by atoms with Crippen LogP contribution in [-0.2, 0) is 22.4 Å². The predicted octanol–water partition coefficient (Wildman–Crippen LogP) is 4.37. The van der Waals surface area contributed by atoms with E-state index in [1.54, 1.807) is 32.0 Å². The Balaban J connectivity index is 1.21. The molecule has 0 spiro atoms. The number of nitrogens with one attached hydrogen (secondary N) is 2. The van der Waals surface area contributed by atoms with Crippen molar-refractivity contribution in [3.63, 3.8) is 0 Å². The molecule has 1 aliphatic carbocycles. The number of amides is 2. The third-order valence-corrected chi connectivity index (χ3v) is 8.78. The number of aromatic nitrogens is 2. The van der Waals surface area contributed by atoms with Gasteiger partial charge in [-0.05, 0) is 56.9 Å². The molecule has 1 aliphatic heterocycles. The van der Waals surface area contributed by atoms with Crippen molar-refractivity contribution < 1.29 is 28.6 Å². The van der Waals surface area contributed by atoms with Gasteiger partial charge in [0.15, 0.2) is 15.8 Å². The third kappa shape index (κ3) is 5.04. The van der Waals surface area contributed by atoms with E-state index in [1.165, 1.54) is 34.4 Å². The molecule has 1 unspecified atom stereocenters. The van der Waals surface area contributed by atoms with Gasteiger partial charge in [-0.3, -0.25) is 14.9 Å². The minimum Gasteiger partial charge on any atom is -0.462 e. The number of carbonyl (C=O) groups excluding carboxylic acids is 3. The summed E-state index contributed by atoms with van der Waals surface area (Å²) in [4.78, 5) is 39.2. The molecular weight excluding hydrogens is 524 g/mol. The monoisotopic (exact) mass is 546 g/mol. The molecule has 13 heteroatoms. The number of nitrogens with zero attached hydrogens (tertiary/aromatic N) is 2. The highest BCUT2D eigenvalue weighted by Gasteiger charge is 2.29. The predicted molar refractivity (Wildman–Crippen MR) is 137 cm³/mol. The Labute approximate surface area is 218 Å². The maximum Gasteiger partial charge on any atom is 0.341 e. The molecule has 3 heterocycles. The van der Waals surface area contributed by atoms with Crippen LogP contribution in [0, 0.1) is 0 Å². The van der Waals surface area contributed by atoms with E-state index in [4.69, 9.17) is 14.2 Å². The highest BCUT2D eigenvalue weighted by atomic mass is 32.2. The van der Waals surface area contributed by atoms with E-state index in [-0.39, 0.29) is 25.2 Å². The number of esters is 1. The number of benzene rings is 1. The Morgan fingerprint density at radius 3 is 2.81 bits per heavy atom. The quantitative estimate of drug-likeness (QED) is 0.240. The average Bonchev–Trinajstić information content (AvgIpc) is 3.63. The number of ether oxygens (including phenoxy) is 3. The molecular formula is C23H22N4O6S3. The van der Waals surface area contributed by atoms with Gasteiger partial charge in [-0.15, -0.1) is 21.5 Å². The average molecular weight is 547 g/mol. The fourth-order valence-electron chi connectivity index (χ4n) is 3.84. The Morgan fingerprint density at radius 1 is 1.14 bits per heavy atom. The maximum atomic E-state index is 12.9. The normalized spacial score (nSPS) is 14.3. The van der Waals surface area contributed by atoms with Crippen LogP contribution in [0.3, 0.4) is 0 Å². The van der Waals surface area contributed by atoms with Crippen LogP contribution in [0.15, 0.2) is 22.5 Å². The van der Waals surface area contributed by atoms with E-state index >= 15 is 0 Å². The Bertz CT molecular complexity index is 1340. The standard InChI is InChI=1S/C23H22N4O6S3/c1-3-31-21(30)17-13-5-4-6-16(13)35-20(17)24-18(28)11(2)34-23-27-26-22(36-23)25-19(29)12-7-8-14-15(9-12)33-10-32-14/h7-9,11H,3-6,10H2,1-2H3,(H,24,28)(H,25,26,29). The first-order valence-corrected chi connectivity index (χ1v) is 13.8. The summed E-state index contributed by atoms with van der Waals surface area (Å²) in [5.74, 6) is 0.0863. The lowest BCUT2D eigenvalue weighted by Gasteiger charge is -2.11. The number of aryl methyl sites for hydroxylation is 1. The van der Waals surface area contributed by atoms with Gasteiger partial charge in [0.05, 0.1) is 17.4 Å². The van der Waals surface area contributed by atoms with E-state index < -0.39 is 11.2 Å². The number of carbonyl (C=O) groups is 3. The first-order valence-electron chi connectivity index (χ1n) is 11.3. The third-order valence-electron chi connectivity index (χ3n) is 5.55. The number of thioether (sulfide) groups is 1. The highest BCUT2D eigenvalue weighted by molar-refractivity contribution is 8.02. The van der Waals surface area contributed by atoms with Crippen molar-refractivity contribution in [2.45, 2.75) is 42.7 Å². The molecule has 0 bridgehead atoms. The van der Waals surface area contributed by atoms with Crippen molar-refractivity contribution in [3.8, 4) is 11.5 Å². The lowest BCUT2D eigenvalue weighted by atomic mass is 10.1. The van der Waals surface area contributed by atoms with Crippen molar-refractivity contribution in [1.82, 2.24) is 10.2 Å². The molecule has 2 aromatic heterocycles. The second kappa shape index (κ2) is 10.4. The molecule has 0 saturated carbocycles. The lowest BCUT2D eigenvalue weighted by molar-refractivity contribution is -0.115. The number of hydrogen-bond acceptors (Lipinski definition) is 11. The number of rotatable bonds is 8. The zero-order valence-corrected chi connectivity index (χ0v) is 21.9. The summed E-state index contributed by atoms with van der Waals surface area (Å²) in [5, 5.41) is 14.0. The Kier molecular flexibility index (Phi) is 7.12. The summed E-state index contributed by atoms with van der Waals surface area (Å²) >= 11 is 3.83. The summed E-state index contributed by atoms with van der Waals surface area (Å²) in [5.41, 5.74) is 1.86. The molecule has 2 N–H and O–H groups in total. The molecule has 0 radical (unpaired) electrons. The van der Waals surface area contributed by atoms with Crippen molar-refractivity contribution in [1.29, 1.82) is 0 Å². The summed E-state index contributed by atoms with van der Waals surface area (Å²) in [7, 11) is 0. The van der Waals surface area contributed by atoms with Gasteiger partial charge in [0, 0.05) is 10.4 Å². The van der Waals surface area contributed by atoms with Crippen molar-refractivity contribution in [3.05, 3.63) is 39.8 Å². The molecule has 2 aliphatic rings. The van der Waals surface area contributed by atoms with E-state index in [0.717, 1.165) is 29.7 Å². The molecule has 2 amide bonds. The SMILES string of the molecule is CCOC(=O)c1c(NC(=O)C(C)Sc2nnc(NC(=O)c3ccc4c(c3)OCO4)s2)sc2c1CCC2. The molecule has 0 saturated heterocycles. The summed E-state index contributed by atoms with van der Waals surface area (Å²) < 4.78 is 16.3. The van der Waals surface area contributed by atoms with Gasteiger partial charge in [-0.25, -0.2) is 4.79 Å². The second-order valence-corrected chi connectivity index (χ2v) is 11.6. The fourth-order valence-corrected chi connectivity index (χ4v) is 7.02. The van der Waals surface area contributed by atoms with Gasteiger partial charge in [0.25, 0.3) is 5.91 Å². The zero-order chi connectivity index (χ0) is 25.2. The largest absolute Gasteiger partial charge is 0.462 e. The van der Waals surface area contributed by atoms with Crippen LogP contribution in [-0.4, -0.2) is 46.6 Å². The number of anilines is 2. The van der Waals surface area contributed by atoms with Crippen LogP contribution in [0.2, 0.25) is 0 Å². The van der Waals surface area contributed by atoms with E-state index in [2.05, 4.69) is 20.8 Å². The molecule has 36 heavy (non-hydrogen) atoms. The van der Waals surface area contributed by atoms with Crippen LogP contribution >= 0.6 is 34.4 Å². The van der Waals surface area contributed by atoms with Crippen LogP contribution in [0.5, 0.6) is 11.5 Å². The number of fused-ring (bicyclic) bond motifs is 2. The van der Waals surface area contributed by atoms with Gasteiger partial charge >= 0.3 is 5.97 Å². The minimum atomic E-state index is -0.512. The van der Waals surface area contributed by atoms with Crippen LogP contribution in [0.1, 0.15) is 51.4 Å². The topological polar surface area (TPSA) is 129 Å². The fraction of sp³-hybridized carbons (Fsp3) is 0.348. The molecule has 10 nitrogen and oxygen atoms in total. The van der Waals surface area contributed by atoms with Crippen molar-refractivity contribution >= 4 is 62.4 Å². The lowest BCUT2D eigenvalue weighted by Crippen LogP contribution is -2.23. The van der Waals surface area contributed by atoms with Gasteiger partial charge in [0.1, 0.15) is 5.00 Å². The molecule has 1 aromatic carbocycles. The molecule has 5 rings (SSSR count). The van der Waals surface area contributed by atoms with Crippen molar-refractivity contribution in [2.75, 3.05) is 24.0 Å². The Morgan fingerprint density at radius 2 is 1.97 bits per heavy atom. The summed E-state index contributed by atoms with van der Waals surface area (Å²) in [6, 6.07) is 4.91. The highest BCUT2D eigenvalue weighted by Crippen LogP contribution is 2.40. The smallest absolute Gasteiger partial charge is 0.341 e. The van der Waals surface area contributed by atoms with E-state index in [0.29, 0.717) is 37.1 Å². The van der Waals surface area contributed by atoms with Gasteiger partial charge in [0.2, 0.25) is 17.8 Å². The van der Waals surface area contributed by atoms with E-state index in [1.807, 2.05) is 0 Å². The van der Waals surface area contributed by atoms with Gasteiger partial charge < -0.3 is 19.5 Å². The maximum absolute atomic E-state index is 12.9. The minimum absolute atomic E-state index is 0.127. The molecule has 0 fully saturated rings. The van der Waals surface area contributed by atoms with Crippen molar-refractivity contribution in [2.24, 2.45) is 0 Å². The zero-order valence-electron chi connectivity index (χ0n) is 19.4. The molecule has 3 aromatic rings. The summed E-state index contributed by atoms with van der Waals surface area (Å²) in [6.07, 6.45) is 2.71. The second-order valence-electron chi connectivity index (χ2n) is 7.93. The first-order chi connectivity index (χ1) is 17.4. The van der Waals surface area contributed by atoms with Gasteiger partial charge in [-0.1, -0.05) is 23.1 Å². The molecule has 188 valence electrons. The summed E-state index contributed by atoms with van der Waals surface area (Å²) in [6.45, 7) is 3.91. The van der Waals surface area contributed by atoms with Crippen LogP contribution < -0.4 is 20.1 Å². The number of hydrogen-bond donors (Lipinski definition) is 2. The number of thiophene rings is 1. The van der Waals surface area contributed by atoms with Crippen LogP contribution in [0.4, 0.5) is 10.1 Å².